The highest BCUT2D eigenvalue weighted by Crippen LogP contribution is 2.50. The molecule has 0 saturated carbocycles. The van der Waals surface area contributed by atoms with Crippen molar-refractivity contribution in [1.29, 1.82) is 0 Å². The van der Waals surface area contributed by atoms with Crippen LogP contribution in [0.2, 0.25) is 0 Å². The molecule has 0 spiro atoms. The number of nitrogens with zero attached hydrogens (tertiary/aromatic N) is 4. The molecule has 12 heteroatoms. The zero-order valence-electron chi connectivity index (χ0n) is 23.8. The highest BCUT2D eigenvalue weighted by molar-refractivity contribution is 7.23. The molecule has 0 saturated heterocycles. The molecule has 218 valence electrons. The second kappa shape index (κ2) is 9.57. The standard InChI is InChI=1S/C32H22N4O4S4/c1-33-25(17-7-5-13-41-17)21-23(31(33)39)27(35(3)29(21)37)19-11-9-15(43-19)16-10-12-20(44-16)28-24-22(30(38)36(28)4)26(34(2)32(24)40)18-8-6-14-42-18/h5-14H,1-4H3. The molecular formula is C32H22N4O4S4. The number of carbonyl (C=O) groups is 4. The summed E-state index contributed by atoms with van der Waals surface area (Å²) in [5, 5.41) is 3.87. The first-order valence-corrected chi connectivity index (χ1v) is 17.0. The van der Waals surface area contributed by atoms with Gasteiger partial charge in [0.2, 0.25) is 0 Å². The Kier molecular flexibility index (Phi) is 5.92. The lowest BCUT2D eigenvalue weighted by molar-refractivity contribution is -0.123. The number of rotatable bonds is 5. The van der Waals surface area contributed by atoms with Crippen molar-refractivity contribution in [3.8, 4) is 9.75 Å². The van der Waals surface area contributed by atoms with Gasteiger partial charge in [0.15, 0.2) is 0 Å². The van der Waals surface area contributed by atoms with E-state index in [2.05, 4.69) is 0 Å². The average Bonchev–Trinajstić information content (AvgIpc) is 3.85. The fourth-order valence-corrected chi connectivity index (χ4v) is 10.1. The van der Waals surface area contributed by atoms with Gasteiger partial charge in [-0.05, 0) is 47.2 Å². The van der Waals surface area contributed by atoms with Gasteiger partial charge < -0.3 is 19.6 Å². The summed E-state index contributed by atoms with van der Waals surface area (Å²) in [6.07, 6.45) is 0. The molecule has 8 heterocycles. The number of amides is 4. The molecule has 44 heavy (non-hydrogen) atoms. The summed E-state index contributed by atoms with van der Waals surface area (Å²) in [7, 11) is 6.85. The first-order valence-electron chi connectivity index (χ1n) is 13.6. The molecule has 0 radical (unpaired) electrons. The van der Waals surface area contributed by atoms with Gasteiger partial charge in [0, 0.05) is 37.9 Å². The van der Waals surface area contributed by atoms with Crippen LogP contribution in [-0.4, -0.2) is 71.4 Å². The van der Waals surface area contributed by atoms with Gasteiger partial charge >= 0.3 is 0 Å². The fourth-order valence-electron chi connectivity index (χ4n) is 6.23. The minimum Gasteiger partial charge on any atom is -0.309 e. The van der Waals surface area contributed by atoms with E-state index in [1.54, 1.807) is 47.8 Å². The summed E-state index contributed by atoms with van der Waals surface area (Å²) in [5.41, 5.74) is 4.30. The van der Waals surface area contributed by atoms with Crippen molar-refractivity contribution < 1.29 is 19.2 Å². The smallest absolute Gasteiger partial charge is 0.261 e. The minimum absolute atomic E-state index is 0.191. The van der Waals surface area contributed by atoms with Crippen LogP contribution in [0.15, 0.2) is 81.6 Å². The summed E-state index contributed by atoms with van der Waals surface area (Å²) >= 11 is 6.01. The highest BCUT2D eigenvalue weighted by atomic mass is 32.1. The summed E-state index contributed by atoms with van der Waals surface area (Å²) in [5.74, 6) is -0.764. The van der Waals surface area contributed by atoms with E-state index in [0.717, 1.165) is 29.3 Å². The van der Waals surface area contributed by atoms with Crippen molar-refractivity contribution in [2.75, 3.05) is 28.2 Å². The maximum atomic E-state index is 13.5. The molecule has 4 aromatic heterocycles. The van der Waals surface area contributed by atoms with Crippen LogP contribution in [-0.2, 0) is 19.2 Å². The second-order valence-electron chi connectivity index (χ2n) is 10.6. The topological polar surface area (TPSA) is 81.2 Å². The SMILES string of the molecule is CN1C(=O)C2=C(c3ccc(-c4ccc(C5=C6C(=O)N(C)C(c7cccs7)=C6C(=O)N5C)s4)s3)N(C)C(=O)C2=C1c1cccs1. The Labute approximate surface area is 268 Å². The Hall–Kier alpha value is -4.36. The molecule has 4 amide bonds. The number of carbonyl (C=O) groups excluding carboxylic acids is 4. The Morgan fingerprint density at radius 3 is 1.00 bits per heavy atom. The van der Waals surface area contributed by atoms with Crippen molar-refractivity contribution in [2.24, 2.45) is 0 Å². The molecule has 4 aliphatic heterocycles. The summed E-state index contributed by atoms with van der Waals surface area (Å²) in [6, 6.07) is 15.5. The molecule has 0 atom stereocenters. The zero-order chi connectivity index (χ0) is 30.6. The fraction of sp³-hybridized carbons (Fsp3) is 0.125. The second-order valence-corrected chi connectivity index (χ2v) is 14.7. The summed E-state index contributed by atoms with van der Waals surface area (Å²) in [4.78, 5) is 65.5. The Morgan fingerprint density at radius 2 is 0.705 bits per heavy atom. The number of fused-ring (bicyclic) bond motifs is 2. The predicted octanol–water partition coefficient (Wildman–Crippen LogP) is 5.73. The molecule has 4 aromatic rings. The maximum Gasteiger partial charge on any atom is 0.261 e. The van der Waals surface area contributed by atoms with Crippen molar-refractivity contribution in [3.05, 3.63) is 101 Å². The quantitative estimate of drug-likeness (QED) is 0.275. The Morgan fingerprint density at radius 1 is 0.409 bits per heavy atom. The van der Waals surface area contributed by atoms with Gasteiger partial charge in [0.25, 0.3) is 23.6 Å². The van der Waals surface area contributed by atoms with Crippen molar-refractivity contribution in [3.63, 3.8) is 0 Å². The first kappa shape index (κ1) is 27.2. The van der Waals surface area contributed by atoms with Crippen molar-refractivity contribution in [2.45, 2.75) is 0 Å². The van der Waals surface area contributed by atoms with E-state index in [4.69, 9.17) is 0 Å². The van der Waals surface area contributed by atoms with Gasteiger partial charge in [-0.25, -0.2) is 0 Å². The predicted molar refractivity (Wildman–Crippen MR) is 175 cm³/mol. The van der Waals surface area contributed by atoms with Gasteiger partial charge in [-0.15, -0.1) is 45.3 Å². The van der Waals surface area contributed by atoms with Crippen LogP contribution in [0.1, 0.15) is 19.5 Å². The van der Waals surface area contributed by atoms with Crippen molar-refractivity contribution >= 4 is 91.8 Å². The number of thiophene rings is 4. The molecule has 4 aliphatic rings. The third-order valence-electron chi connectivity index (χ3n) is 8.29. The van der Waals surface area contributed by atoms with Gasteiger partial charge in [-0.3, -0.25) is 19.2 Å². The van der Waals surface area contributed by atoms with E-state index in [1.807, 2.05) is 59.3 Å². The molecule has 0 fully saturated rings. The van der Waals surface area contributed by atoms with Crippen LogP contribution in [0.5, 0.6) is 0 Å². The molecule has 0 aromatic carbocycles. The summed E-state index contributed by atoms with van der Waals surface area (Å²) in [6.45, 7) is 0. The molecule has 0 N–H and O–H groups in total. The largest absolute Gasteiger partial charge is 0.309 e. The Bertz CT molecular complexity index is 1960. The van der Waals surface area contributed by atoms with Crippen LogP contribution in [0.25, 0.3) is 32.5 Å². The van der Waals surface area contributed by atoms with Gasteiger partial charge in [-0.1, -0.05) is 12.1 Å². The number of hydrogen-bond donors (Lipinski definition) is 0. The van der Waals surface area contributed by atoms with E-state index in [0.29, 0.717) is 45.1 Å². The van der Waals surface area contributed by atoms with Crippen molar-refractivity contribution in [1.82, 2.24) is 19.6 Å². The van der Waals surface area contributed by atoms with E-state index in [1.165, 1.54) is 45.3 Å². The highest BCUT2D eigenvalue weighted by Gasteiger charge is 2.48. The molecule has 0 bridgehead atoms. The lowest BCUT2D eigenvalue weighted by Gasteiger charge is -2.18. The van der Waals surface area contributed by atoms with E-state index < -0.39 is 0 Å². The summed E-state index contributed by atoms with van der Waals surface area (Å²) < 4.78 is 0. The van der Waals surface area contributed by atoms with Crippen LogP contribution >= 0.6 is 45.3 Å². The molecule has 0 unspecified atom stereocenters. The van der Waals surface area contributed by atoms with E-state index >= 15 is 0 Å². The van der Waals surface area contributed by atoms with Crippen LogP contribution in [0, 0.1) is 0 Å². The minimum atomic E-state index is -0.191. The molecule has 0 aliphatic carbocycles. The van der Waals surface area contributed by atoms with Gasteiger partial charge in [0.05, 0.1) is 64.6 Å². The Balaban J connectivity index is 1.19. The lowest BCUT2D eigenvalue weighted by atomic mass is 10.1. The van der Waals surface area contributed by atoms with Crippen LogP contribution in [0.4, 0.5) is 0 Å². The monoisotopic (exact) mass is 654 g/mol. The first-order chi connectivity index (χ1) is 21.2. The molecule has 8 rings (SSSR count). The van der Waals surface area contributed by atoms with E-state index in [9.17, 15) is 19.2 Å². The molecular weight excluding hydrogens is 633 g/mol. The lowest BCUT2D eigenvalue weighted by Crippen LogP contribution is -2.24. The third kappa shape index (κ3) is 3.53. The van der Waals surface area contributed by atoms with Gasteiger partial charge in [0.1, 0.15) is 0 Å². The normalized spacial score (nSPS) is 18.5. The van der Waals surface area contributed by atoms with Gasteiger partial charge in [-0.2, -0.15) is 0 Å². The zero-order valence-corrected chi connectivity index (χ0v) is 27.1. The number of likely N-dealkylation sites (N-methyl/N-ethyl adjacent to an activating group) is 4. The van der Waals surface area contributed by atoms with Crippen LogP contribution in [0.3, 0.4) is 0 Å². The maximum absolute atomic E-state index is 13.5. The molecule has 8 nitrogen and oxygen atoms in total. The number of hydrogen-bond acceptors (Lipinski definition) is 8. The van der Waals surface area contributed by atoms with Crippen LogP contribution < -0.4 is 0 Å². The van der Waals surface area contributed by atoms with E-state index in [-0.39, 0.29) is 23.6 Å². The average molecular weight is 655 g/mol. The third-order valence-corrected chi connectivity index (χ3v) is 12.4.